The molecule has 0 spiro atoms. The van der Waals surface area contributed by atoms with E-state index in [1.165, 1.54) is 12.7 Å². The number of pyridine rings is 1. The summed E-state index contributed by atoms with van der Waals surface area (Å²) in [5, 5.41) is 3.26. The zero-order valence-corrected chi connectivity index (χ0v) is 11.3. The van der Waals surface area contributed by atoms with Gasteiger partial charge in [-0.3, -0.25) is 9.78 Å². The Hall–Kier alpha value is -1.42. The van der Waals surface area contributed by atoms with Gasteiger partial charge in [0.25, 0.3) is 0 Å². The van der Waals surface area contributed by atoms with Crippen LogP contribution in [-0.2, 0) is 16.0 Å². The molecule has 0 aliphatic heterocycles. The summed E-state index contributed by atoms with van der Waals surface area (Å²) in [5.74, 6) is 0.279. The molecule has 1 unspecified atom stereocenters. The monoisotopic (exact) mass is 250 g/mol. The van der Waals surface area contributed by atoms with Gasteiger partial charge in [0.1, 0.15) is 6.04 Å². The highest BCUT2D eigenvalue weighted by Crippen LogP contribution is 2.06. The van der Waals surface area contributed by atoms with Crippen molar-refractivity contribution < 1.29 is 9.53 Å². The second-order valence-electron chi connectivity index (χ2n) is 4.76. The molecule has 4 nitrogen and oxygen atoms in total. The minimum Gasteiger partial charge on any atom is -0.468 e. The molecule has 0 aliphatic carbocycles. The van der Waals surface area contributed by atoms with Crippen molar-refractivity contribution in [1.82, 2.24) is 10.3 Å². The van der Waals surface area contributed by atoms with E-state index in [2.05, 4.69) is 24.1 Å². The highest BCUT2D eigenvalue weighted by atomic mass is 16.5. The van der Waals surface area contributed by atoms with Crippen LogP contribution in [0.1, 0.15) is 25.8 Å². The van der Waals surface area contributed by atoms with Crippen LogP contribution in [0.15, 0.2) is 24.5 Å². The van der Waals surface area contributed by atoms with Crippen molar-refractivity contribution in [2.45, 2.75) is 32.7 Å². The summed E-state index contributed by atoms with van der Waals surface area (Å²) in [7, 11) is 1.43. The second kappa shape index (κ2) is 7.82. The van der Waals surface area contributed by atoms with Crippen LogP contribution < -0.4 is 5.32 Å². The number of nitrogens with one attached hydrogen (secondary N) is 1. The Kier molecular flexibility index (Phi) is 6.36. The van der Waals surface area contributed by atoms with Crippen LogP contribution in [0.25, 0.3) is 0 Å². The number of aromatic nitrogens is 1. The molecule has 1 aromatic heterocycles. The van der Waals surface area contributed by atoms with Gasteiger partial charge < -0.3 is 10.1 Å². The van der Waals surface area contributed by atoms with E-state index in [1.807, 2.05) is 12.1 Å². The fraction of sp³-hybridized carbons (Fsp3) is 0.571. The topological polar surface area (TPSA) is 51.2 Å². The Morgan fingerprint density at radius 1 is 1.39 bits per heavy atom. The minimum absolute atomic E-state index is 0.182. The molecule has 0 bridgehead atoms. The number of rotatable bonds is 7. The van der Waals surface area contributed by atoms with Crippen LogP contribution in [0.3, 0.4) is 0 Å². The van der Waals surface area contributed by atoms with E-state index < -0.39 is 0 Å². The molecule has 0 aliphatic rings. The van der Waals surface area contributed by atoms with Gasteiger partial charge in [-0.25, -0.2) is 0 Å². The highest BCUT2D eigenvalue weighted by Gasteiger charge is 2.19. The molecule has 1 aromatic rings. The Balaban J connectivity index is 2.40. The molecule has 18 heavy (non-hydrogen) atoms. The van der Waals surface area contributed by atoms with Crippen molar-refractivity contribution in [1.29, 1.82) is 0 Å². The van der Waals surface area contributed by atoms with Crippen molar-refractivity contribution in [3.05, 3.63) is 30.1 Å². The summed E-state index contributed by atoms with van der Waals surface area (Å²) >= 11 is 0. The largest absolute Gasteiger partial charge is 0.468 e. The molecule has 0 aromatic carbocycles. The first-order valence-corrected chi connectivity index (χ1v) is 6.33. The van der Waals surface area contributed by atoms with Crippen molar-refractivity contribution in [2.24, 2.45) is 5.92 Å². The first-order chi connectivity index (χ1) is 8.63. The number of carbonyl (C=O) groups excluding carboxylic acids is 1. The van der Waals surface area contributed by atoms with E-state index in [0.29, 0.717) is 5.92 Å². The average Bonchev–Trinajstić information content (AvgIpc) is 2.37. The molecular weight excluding hydrogens is 228 g/mol. The maximum atomic E-state index is 11.6. The smallest absolute Gasteiger partial charge is 0.322 e. The van der Waals surface area contributed by atoms with E-state index in [1.54, 1.807) is 12.4 Å². The molecule has 1 heterocycles. The summed E-state index contributed by atoms with van der Waals surface area (Å²) < 4.78 is 4.80. The first-order valence-electron chi connectivity index (χ1n) is 6.33. The van der Waals surface area contributed by atoms with Crippen LogP contribution in [0, 0.1) is 5.92 Å². The predicted molar refractivity (Wildman–Crippen MR) is 71.2 cm³/mol. The molecule has 0 radical (unpaired) electrons. The van der Waals surface area contributed by atoms with Crippen LogP contribution >= 0.6 is 0 Å². The van der Waals surface area contributed by atoms with Gasteiger partial charge in [-0.1, -0.05) is 13.8 Å². The number of ether oxygens (including phenoxy) is 1. The van der Waals surface area contributed by atoms with Crippen LogP contribution in [-0.4, -0.2) is 30.6 Å². The van der Waals surface area contributed by atoms with Crippen molar-refractivity contribution >= 4 is 5.97 Å². The Bertz CT molecular complexity index is 352. The van der Waals surface area contributed by atoms with Crippen LogP contribution in [0.5, 0.6) is 0 Å². The number of esters is 1. The summed E-state index contributed by atoms with van der Waals surface area (Å²) in [6.07, 6.45) is 5.24. The fourth-order valence-corrected chi connectivity index (χ4v) is 1.82. The molecule has 0 saturated carbocycles. The first kappa shape index (κ1) is 14.6. The molecule has 1 rings (SSSR count). The van der Waals surface area contributed by atoms with Crippen molar-refractivity contribution in [3.63, 3.8) is 0 Å². The van der Waals surface area contributed by atoms with Crippen LogP contribution in [0.4, 0.5) is 0 Å². The van der Waals surface area contributed by atoms with Gasteiger partial charge >= 0.3 is 5.97 Å². The average molecular weight is 250 g/mol. The van der Waals surface area contributed by atoms with Gasteiger partial charge in [0, 0.05) is 12.4 Å². The lowest BCUT2D eigenvalue weighted by Gasteiger charge is -2.18. The summed E-state index contributed by atoms with van der Waals surface area (Å²) in [5.41, 5.74) is 1.21. The number of hydrogen-bond acceptors (Lipinski definition) is 4. The third kappa shape index (κ3) is 5.27. The van der Waals surface area contributed by atoms with Gasteiger partial charge in [-0.15, -0.1) is 0 Å². The lowest BCUT2D eigenvalue weighted by molar-refractivity contribution is -0.143. The van der Waals surface area contributed by atoms with Gasteiger partial charge in [-0.2, -0.15) is 0 Å². The van der Waals surface area contributed by atoms with Crippen molar-refractivity contribution in [3.8, 4) is 0 Å². The fourth-order valence-electron chi connectivity index (χ4n) is 1.82. The number of nitrogens with zero attached hydrogens (tertiary/aromatic N) is 1. The van der Waals surface area contributed by atoms with E-state index in [-0.39, 0.29) is 12.0 Å². The van der Waals surface area contributed by atoms with E-state index in [0.717, 1.165) is 19.4 Å². The Morgan fingerprint density at radius 3 is 2.61 bits per heavy atom. The standard InChI is InChI=1S/C14H22N2O2/c1-11(2)10-13(14(17)18-3)16-9-6-12-4-7-15-8-5-12/h4-5,7-8,11,13,16H,6,9-10H2,1-3H3. The molecule has 1 N–H and O–H groups in total. The summed E-state index contributed by atoms with van der Waals surface area (Å²) in [4.78, 5) is 15.6. The molecule has 4 heteroatoms. The normalized spacial score (nSPS) is 12.4. The predicted octanol–water partition coefficient (Wildman–Crippen LogP) is 1.80. The third-order valence-corrected chi connectivity index (χ3v) is 2.75. The van der Waals surface area contributed by atoms with Gasteiger partial charge in [0.05, 0.1) is 7.11 Å². The lowest BCUT2D eigenvalue weighted by atomic mass is 10.0. The zero-order chi connectivity index (χ0) is 13.4. The number of carbonyl (C=O) groups is 1. The maximum Gasteiger partial charge on any atom is 0.322 e. The lowest BCUT2D eigenvalue weighted by Crippen LogP contribution is -2.39. The van der Waals surface area contributed by atoms with Gasteiger partial charge in [0.2, 0.25) is 0 Å². The van der Waals surface area contributed by atoms with Crippen molar-refractivity contribution in [2.75, 3.05) is 13.7 Å². The maximum absolute atomic E-state index is 11.6. The van der Waals surface area contributed by atoms with Gasteiger partial charge in [-0.05, 0) is 43.0 Å². The Morgan fingerprint density at radius 2 is 2.06 bits per heavy atom. The number of methoxy groups -OCH3 is 1. The summed E-state index contributed by atoms with van der Waals surface area (Å²) in [6, 6.07) is 3.76. The molecule has 1 atom stereocenters. The SMILES string of the molecule is COC(=O)C(CC(C)C)NCCc1ccncc1. The van der Waals surface area contributed by atoms with Crippen LogP contribution in [0.2, 0.25) is 0 Å². The third-order valence-electron chi connectivity index (χ3n) is 2.75. The highest BCUT2D eigenvalue weighted by molar-refractivity contribution is 5.75. The molecular formula is C14H22N2O2. The summed E-state index contributed by atoms with van der Waals surface area (Å²) in [6.45, 7) is 4.96. The molecule has 0 amide bonds. The van der Waals surface area contributed by atoms with E-state index >= 15 is 0 Å². The number of hydrogen-bond donors (Lipinski definition) is 1. The zero-order valence-electron chi connectivity index (χ0n) is 11.3. The molecule has 0 fully saturated rings. The van der Waals surface area contributed by atoms with E-state index in [9.17, 15) is 4.79 Å². The molecule has 100 valence electrons. The van der Waals surface area contributed by atoms with E-state index in [4.69, 9.17) is 4.74 Å². The quantitative estimate of drug-likeness (QED) is 0.750. The minimum atomic E-state index is -0.211. The second-order valence-corrected chi connectivity index (χ2v) is 4.76. The molecule has 0 saturated heterocycles. The Labute approximate surface area is 109 Å². The van der Waals surface area contributed by atoms with Gasteiger partial charge in [0.15, 0.2) is 0 Å².